The molecule has 0 saturated carbocycles. The average molecular weight is 322 g/mol. The van der Waals surface area contributed by atoms with Crippen molar-refractivity contribution in [2.75, 3.05) is 21.3 Å². The minimum absolute atomic E-state index is 0.128. The second-order valence-electron chi connectivity index (χ2n) is 4.76. The number of methoxy groups -OCH3 is 3. The van der Waals surface area contributed by atoms with Gasteiger partial charge in [-0.2, -0.15) is 4.39 Å². The van der Waals surface area contributed by atoms with E-state index in [-0.39, 0.29) is 18.0 Å². The van der Waals surface area contributed by atoms with Crippen molar-refractivity contribution in [2.45, 2.75) is 6.42 Å². The number of Topliss-reactive ketones (excluding diaryl/α,β-unsaturated/α-hetero) is 1. The molecule has 0 aliphatic heterocycles. The number of rotatable bonds is 6. The van der Waals surface area contributed by atoms with E-state index < -0.39 is 11.6 Å². The lowest BCUT2D eigenvalue weighted by atomic mass is 10.0. The molecule has 2 aromatic carbocycles. The third-order valence-corrected chi connectivity index (χ3v) is 3.35. The van der Waals surface area contributed by atoms with Gasteiger partial charge in [0, 0.05) is 6.42 Å². The van der Waals surface area contributed by atoms with Gasteiger partial charge >= 0.3 is 0 Å². The monoisotopic (exact) mass is 322 g/mol. The fourth-order valence-corrected chi connectivity index (χ4v) is 2.18. The molecule has 0 bridgehead atoms. The molecule has 0 heterocycles. The van der Waals surface area contributed by atoms with Crippen molar-refractivity contribution in [3.8, 4) is 17.2 Å². The van der Waals surface area contributed by atoms with Crippen molar-refractivity contribution in [1.82, 2.24) is 0 Å². The van der Waals surface area contributed by atoms with Crippen molar-refractivity contribution >= 4 is 5.78 Å². The van der Waals surface area contributed by atoms with Gasteiger partial charge in [0.15, 0.2) is 17.3 Å². The lowest BCUT2D eigenvalue weighted by molar-refractivity contribution is 0.0989. The Balaban J connectivity index is 2.34. The average Bonchev–Trinajstić information content (AvgIpc) is 2.57. The summed E-state index contributed by atoms with van der Waals surface area (Å²) >= 11 is 0. The standard InChI is InChI=1S/C17H16F2O4/c1-21-11-4-5-15(22-2)12(9-11)14(20)7-10-6-13(18)17(19)16(8-10)23-3/h4-6,8-9H,7H2,1-3H3. The largest absolute Gasteiger partial charge is 0.497 e. The van der Waals surface area contributed by atoms with E-state index in [9.17, 15) is 13.6 Å². The molecule has 0 atom stereocenters. The van der Waals surface area contributed by atoms with Gasteiger partial charge in [0.05, 0.1) is 26.9 Å². The highest BCUT2D eigenvalue weighted by Crippen LogP contribution is 2.27. The van der Waals surface area contributed by atoms with Crippen LogP contribution in [0.25, 0.3) is 0 Å². The Kier molecular flexibility index (Phi) is 5.16. The number of hydrogen-bond donors (Lipinski definition) is 0. The van der Waals surface area contributed by atoms with Crippen LogP contribution in [0.4, 0.5) is 8.78 Å². The zero-order chi connectivity index (χ0) is 17.0. The van der Waals surface area contributed by atoms with Gasteiger partial charge in [0.2, 0.25) is 5.82 Å². The molecular weight excluding hydrogens is 306 g/mol. The molecular formula is C17H16F2O4. The first kappa shape index (κ1) is 16.7. The summed E-state index contributed by atoms with van der Waals surface area (Å²) in [6, 6.07) is 7.08. The van der Waals surface area contributed by atoms with E-state index in [4.69, 9.17) is 14.2 Å². The van der Waals surface area contributed by atoms with Crippen molar-refractivity contribution in [1.29, 1.82) is 0 Å². The van der Waals surface area contributed by atoms with Crippen LogP contribution in [-0.4, -0.2) is 27.1 Å². The summed E-state index contributed by atoms with van der Waals surface area (Å²) in [4.78, 5) is 12.5. The smallest absolute Gasteiger partial charge is 0.200 e. The maximum absolute atomic E-state index is 13.5. The summed E-state index contributed by atoms with van der Waals surface area (Å²) in [7, 11) is 4.16. The van der Waals surface area contributed by atoms with Crippen LogP contribution in [0.1, 0.15) is 15.9 Å². The van der Waals surface area contributed by atoms with Crippen molar-refractivity contribution in [2.24, 2.45) is 0 Å². The number of carbonyl (C=O) groups excluding carboxylic acids is 1. The molecule has 4 nitrogen and oxygen atoms in total. The zero-order valence-electron chi connectivity index (χ0n) is 13.0. The molecule has 0 fully saturated rings. The Morgan fingerprint density at radius 2 is 1.65 bits per heavy atom. The summed E-state index contributed by atoms with van der Waals surface area (Å²) in [5.74, 6) is -1.82. The maximum atomic E-state index is 13.5. The summed E-state index contributed by atoms with van der Waals surface area (Å²) < 4.78 is 42.0. The second-order valence-corrected chi connectivity index (χ2v) is 4.76. The van der Waals surface area contributed by atoms with Gasteiger partial charge in [-0.1, -0.05) is 0 Å². The molecule has 6 heteroatoms. The first-order valence-electron chi connectivity index (χ1n) is 6.77. The lowest BCUT2D eigenvalue weighted by Gasteiger charge is -2.11. The van der Waals surface area contributed by atoms with Gasteiger partial charge in [0.1, 0.15) is 11.5 Å². The molecule has 0 unspecified atom stereocenters. The fraction of sp³-hybridized carbons (Fsp3) is 0.235. The molecule has 122 valence electrons. The molecule has 0 N–H and O–H groups in total. The summed E-state index contributed by atoms with van der Waals surface area (Å²) in [5.41, 5.74) is 0.603. The van der Waals surface area contributed by atoms with E-state index in [1.165, 1.54) is 33.5 Å². The van der Waals surface area contributed by atoms with Crippen LogP contribution in [0.3, 0.4) is 0 Å². The van der Waals surface area contributed by atoms with E-state index in [0.29, 0.717) is 22.6 Å². The number of ether oxygens (including phenoxy) is 3. The molecule has 0 saturated heterocycles. The van der Waals surface area contributed by atoms with E-state index in [0.717, 1.165) is 6.07 Å². The van der Waals surface area contributed by atoms with Crippen molar-refractivity contribution in [3.05, 3.63) is 53.1 Å². The van der Waals surface area contributed by atoms with E-state index in [2.05, 4.69) is 0 Å². The molecule has 2 aromatic rings. The number of carbonyl (C=O) groups is 1. The maximum Gasteiger partial charge on any atom is 0.200 e. The van der Waals surface area contributed by atoms with E-state index in [1.807, 2.05) is 0 Å². The molecule has 0 aliphatic rings. The SMILES string of the molecule is COc1ccc(OC)c(C(=O)Cc2cc(F)c(F)c(OC)c2)c1. The van der Waals surface area contributed by atoms with Crippen LogP contribution in [-0.2, 0) is 6.42 Å². The lowest BCUT2D eigenvalue weighted by Crippen LogP contribution is -2.07. The predicted molar refractivity (Wildman–Crippen MR) is 80.5 cm³/mol. The molecule has 23 heavy (non-hydrogen) atoms. The van der Waals surface area contributed by atoms with E-state index >= 15 is 0 Å². The van der Waals surface area contributed by atoms with E-state index in [1.54, 1.807) is 12.1 Å². The molecule has 0 aromatic heterocycles. The van der Waals surface area contributed by atoms with Gasteiger partial charge in [-0.3, -0.25) is 4.79 Å². The van der Waals surface area contributed by atoms with Crippen molar-refractivity contribution < 1.29 is 27.8 Å². The van der Waals surface area contributed by atoms with Gasteiger partial charge in [-0.15, -0.1) is 0 Å². The van der Waals surface area contributed by atoms with Gasteiger partial charge in [-0.05, 0) is 35.9 Å². The predicted octanol–water partition coefficient (Wildman–Crippen LogP) is 3.42. The summed E-state index contributed by atoms with van der Waals surface area (Å²) in [5, 5.41) is 0. The molecule has 0 amide bonds. The minimum Gasteiger partial charge on any atom is -0.497 e. The molecule has 0 aliphatic carbocycles. The van der Waals surface area contributed by atoms with Crippen LogP contribution in [0.5, 0.6) is 17.2 Å². The molecule has 0 spiro atoms. The summed E-state index contributed by atoms with van der Waals surface area (Å²) in [6.07, 6.45) is -0.128. The second kappa shape index (κ2) is 7.09. The van der Waals surface area contributed by atoms with Crippen molar-refractivity contribution in [3.63, 3.8) is 0 Å². The summed E-state index contributed by atoms with van der Waals surface area (Å²) in [6.45, 7) is 0. The minimum atomic E-state index is -1.08. The first-order valence-corrected chi connectivity index (χ1v) is 6.77. The van der Waals surface area contributed by atoms with Crippen LogP contribution in [0.2, 0.25) is 0 Å². The molecule has 2 rings (SSSR count). The third kappa shape index (κ3) is 3.59. The van der Waals surface area contributed by atoms with Gasteiger partial charge in [-0.25, -0.2) is 4.39 Å². The number of hydrogen-bond acceptors (Lipinski definition) is 4. The van der Waals surface area contributed by atoms with Crippen LogP contribution in [0.15, 0.2) is 30.3 Å². The first-order chi connectivity index (χ1) is 11.0. The highest BCUT2D eigenvalue weighted by molar-refractivity contribution is 6.00. The third-order valence-electron chi connectivity index (χ3n) is 3.35. The van der Waals surface area contributed by atoms with Gasteiger partial charge in [0.25, 0.3) is 0 Å². The number of halogens is 2. The Morgan fingerprint density at radius 1 is 0.957 bits per heavy atom. The Bertz CT molecular complexity index is 729. The quantitative estimate of drug-likeness (QED) is 0.765. The normalized spacial score (nSPS) is 10.3. The van der Waals surface area contributed by atoms with Crippen LogP contribution >= 0.6 is 0 Å². The topological polar surface area (TPSA) is 44.8 Å². The molecule has 0 radical (unpaired) electrons. The van der Waals surface area contributed by atoms with Crippen LogP contribution < -0.4 is 14.2 Å². The number of ketones is 1. The van der Waals surface area contributed by atoms with Crippen LogP contribution in [0, 0.1) is 11.6 Å². The Labute approximate surface area is 132 Å². The number of benzene rings is 2. The Hall–Kier alpha value is -2.63. The van der Waals surface area contributed by atoms with Gasteiger partial charge < -0.3 is 14.2 Å². The highest BCUT2D eigenvalue weighted by Gasteiger charge is 2.17. The zero-order valence-corrected chi connectivity index (χ0v) is 13.0. The fourth-order valence-electron chi connectivity index (χ4n) is 2.18. The highest BCUT2D eigenvalue weighted by atomic mass is 19.2. The Morgan fingerprint density at radius 3 is 2.26 bits per heavy atom.